The zero-order valence-corrected chi connectivity index (χ0v) is 34.6. The average Bonchev–Trinajstić information content (AvgIpc) is 4.10. The quantitative estimate of drug-likeness (QED) is 0.167. The van der Waals surface area contributed by atoms with Gasteiger partial charge in [0.2, 0.25) is 0 Å². The van der Waals surface area contributed by atoms with Crippen LogP contribution in [0.5, 0.6) is 0 Å². The molecule has 0 aliphatic rings. The molecular weight excluding hydrogens is 779 g/mol. The lowest BCUT2D eigenvalue weighted by molar-refractivity contribution is 0.669. The van der Waals surface area contributed by atoms with E-state index in [0.717, 1.165) is 55.8 Å². The molecule has 0 atom stereocenters. The maximum absolute atomic E-state index is 6.28. The first-order valence-corrected chi connectivity index (χ1v) is 21.9. The predicted octanol–water partition coefficient (Wildman–Crippen LogP) is 16.6. The molecule has 0 aliphatic carbocycles. The number of hydrogen-bond donors (Lipinski definition) is 0. The molecular formula is C60H37N3O. The number of para-hydroxylation sites is 5. The minimum atomic E-state index is 0.900. The maximum Gasteiger partial charge on any atom is 0.136 e. The zero-order valence-electron chi connectivity index (χ0n) is 34.6. The molecule has 0 spiro atoms. The molecule has 4 aromatic heterocycles. The fourth-order valence-corrected chi connectivity index (χ4v) is 10.5. The van der Waals surface area contributed by atoms with Crippen LogP contribution in [0.3, 0.4) is 0 Å². The van der Waals surface area contributed by atoms with Crippen molar-refractivity contribution in [3.63, 3.8) is 0 Å². The minimum absolute atomic E-state index is 0.900. The summed E-state index contributed by atoms with van der Waals surface area (Å²) < 4.78 is 11.1. The molecule has 10 aromatic carbocycles. The van der Waals surface area contributed by atoms with E-state index in [1.54, 1.807) is 0 Å². The molecule has 0 fully saturated rings. The van der Waals surface area contributed by atoms with Gasteiger partial charge in [0, 0.05) is 65.8 Å². The molecule has 4 nitrogen and oxygen atoms in total. The molecule has 0 aliphatic heterocycles. The topological polar surface area (TPSA) is 25.7 Å². The van der Waals surface area contributed by atoms with Gasteiger partial charge >= 0.3 is 0 Å². The van der Waals surface area contributed by atoms with E-state index in [0.29, 0.717) is 0 Å². The van der Waals surface area contributed by atoms with Gasteiger partial charge in [-0.25, -0.2) is 0 Å². The highest BCUT2D eigenvalue weighted by atomic mass is 16.3. The first-order chi connectivity index (χ1) is 31.7. The average molecular weight is 816 g/mol. The fraction of sp³-hybridized carbons (Fsp3) is 0. The smallest absolute Gasteiger partial charge is 0.136 e. The molecule has 4 heterocycles. The summed E-state index contributed by atoms with van der Waals surface area (Å²) in [5.74, 6) is 0. The van der Waals surface area contributed by atoms with E-state index in [9.17, 15) is 0 Å². The number of nitrogens with zero attached hydrogens (tertiary/aromatic N) is 3. The van der Waals surface area contributed by atoms with Crippen molar-refractivity contribution in [3.05, 3.63) is 224 Å². The second-order valence-electron chi connectivity index (χ2n) is 16.9. The largest absolute Gasteiger partial charge is 0.456 e. The predicted molar refractivity (Wildman–Crippen MR) is 268 cm³/mol. The summed E-state index contributed by atoms with van der Waals surface area (Å²) in [7, 11) is 0. The van der Waals surface area contributed by atoms with Gasteiger partial charge in [-0.05, 0) is 107 Å². The van der Waals surface area contributed by atoms with Crippen LogP contribution in [0.2, 0.25) is 0 Å². The monoisotopic (exact) mass is 815 g/mol. The second-order valence-corrected chi connectivity index (χ2v) is 16.9. The molecule has 14 rings (SSSR count). The Hall–Kier alpha value is -8.60. The summed E-state index contributed by atoms with van der Waals surface area (Å²) >= 11 is 0. The molecule has 0 N–H and O–H groups in total. The molecule has 0 saturated heterocycles. The lowest BCUT2D eigenvalue weighted by atomic mass is 10.0. The molecule has 64 heavy (non-hydrogen) atoms. The van der Waals surface area contributed by atoms with Crippen molar-refractivity contribution in [2.75, 3.05) is 4.90 Å². The van der Waals surface area contributed by atoms with E-state index in [4.69, 9.17) is 4.42 Å². The Morgan fingerprint density at radius 2 is 0.750 bits per heavy atom. The van der Waals surface area contributed by atoms with Crippen molar-refractivity contribution >= 4 is 98.9 Å². The normalized spacial score (nSPS) is 12.1. The van der Waals surface area contributed by atoms with Gasteiger partial charge in [0.1, 0.15) is 11.2 Å². The van der Waals surface area contributed by atoms with Crippen molar-refractivity contribution in [1.82, 2.24) is 8.97 Å². The van der Waals surface area contributed by atoms with Crippen molar-refractivity contribution in [2.24, 2.45) is 0 Å². The Kier molecular flexibility index (Phi) is 7.36. The van der Waals surface area contributed by atoms with E-state index < -0.39 is 0 Å². The first kappa shape index (κ1) is 35.0. The lowest BCUT2D eigenvalue weighted by Gasteiger charge is -2.26. The zero-order chi connectivity index (χ0) is 41.9. The van der Waals surface area contributed by atoms with Gasteiger partial charge in [-0.1, -0.05) is 140 Å². The highest BCUT2D eigenvalue weighted by molar-refractivity contribution is 6.23. The Bertz CT molecular complexity index is 4060. The van der Waals surface area contributed by atoms with E-state index in [-0.39, 0.29) is 0 Å². The second kappa shape index (κ2) is 13.4. The number of aromatic nitrogens is 2. The SMILES string of the molecule is c1ccc2c(c1)oc1cc(-c3ccc(N(c4ccc(-c5ccc(-n6c7ccccc7c7ccccc76)cc5)cc4)c4ccc5c6cccc7c8ccccc8n(c5c4)c76)cc3)ccc12. The fourth-order valence-electron chi connectivity index (χ4n) is 10.5. The minimum Gasteiger partial charge on any atom is -0.456 e. The highest BCUT2D eigenvalue weighted by Crippen LogP contribution is 2.43. The van der Waals surface area contributed by atoms with Crippen LogP contribution < -0.4 is 4.90 Å². The highest BCUT2D eigenvalue weighted by Gasteiger charge is 2.20. The molecule has 0 saturated carbocycles. The Morgan fingerprint density at radius 1 is 0.297 bits per heavy atom. The van der Waals surface area contributed by atoms with Crippen LogP contribution in [-0.4, -0.2) is 8.97 Å². The summed E-state index contributed by atoms with van der Waals surface area (Å²) in [6.07, 6.45) is 0. The van der Waals surface area contributed by atoms with Crippen LogP contribution >= 0.6 is 0 Å². The third kappa shape index (κ3) is 5.11. The van der Waals surface area contributed by atoms with Crippen LogP contribution in [0.1, 0.15) is 0 Å². The summed E-state index contributed by atoms with van der Waals surface area (Å²) in [4.78, 5) is 2.38. The number of hydrogen-bond acceptors (Lipinski definition) is 2. The van der Waals surface area contributed by atoms with Gasteiger partial charge in [-0.15, -0.1) is 0 Å². The molecule has 0 bridgehead atoms. The Balaban J connectivity index is 0.874. The molecule has 14 aromatic rings. The third-order valence-corrected chi connectivity index (χ3v) is 13.5. The van der Waals surface area contributed by atoms with Crippen molar-refractivity contribution in [2.45, 2.75) is 0 Å². The van der Waals surface area contributed by atoms with Crippen LogP contribution in [0.4, 0.5) is 17.1 Å². The van der Waals surface area contributed by atoms with Crippen molar-refractivity contribution in [1.29, 1.82) is 0 Å². The number of anilines is 3. The van der Waals surface area contributed by atoms with Gasteiger partial charge in [0.25, 0.3) is 0 Å². The van der Waals surface area contributed by atoms with Gasteiger partial charge in [0.15, 0.2) is 0 Å². The summed E-state index contributed by atoms with van der Waals surface area (Å²) in [6.45, 7) is 0. The third-order valence-electron chi connectivity index (χ3n) is 13.5. The maximum atomic E-state index is 6.28. The van der Waals surface area contributed by atoms with E-state index in [1.165, 1.54) is 71.0 Å². The first-order valence-electron chi connectivity index (χ1n) is 21.9. The van der Waals surface area contributed by atoms with Crippen LogP contribution in [0.15, 0.2) is 229 Å². The van der Waals surface area contributed by atoms with Gasteiger partial charge in [-0.3, -0.25) is 0 Å². The van der Waals surface area contributed by atoms with E-state index in [2.05, 4.69) is 226 Å². The van der Waals surface area contributed by atoms with Crippen LogP contribution in [-0.2, 0) is 0 Å². The molecule has 298 valence electrons. The van der Waals surface area contributed by atoms with Crippen LogP contribution in [0, 0.1) is 0 Å². The summed E-state index contributed by atoms with van der Waals surface area (Å²) in [5.41, 5.74) is 16.9. The standard InChI is InChI=1S/C60H37N3O/c1-5-16-54-46(10-1)47-11-2-6-17-55(47)62(54)44-31-22-39(23-32-44)38-20-27-42(28-21-38)61(43-29-24-40(25-30-43)41-26-34-51-50-13-4-8-19-58(50)64-59(51)36-41)45-33-35-49-53-15-9-14-52-48-12-3-7-18-56(48)63(60(52)53)57(49)37-45/h1-37H. The number of rotatable bonds is 6. The Morgan fingerprint density at radius 3 is 1.41 bits per heavy atom. The molecule has 0 unspecified atom stereocenters. The van der Waals surface area contributed by atoms with Gasteiger partial charge in [-0.2, -0.15) is 0 Å². The van der Waals surface area contributed by atoms with Crippen LogP contribution in [0.25, 0.3) is 110 Å². The number of benzene rings is 10. The van der Waals surface area contributed by atoms with E-state index >= 15 is 0 Å². The molecule has 0 radical (unpaired) electrons. The van der Waals surface area contributed by atoms with Gasteiger partial charge in [0.05, 0.1) is 27.6 Å². The van der Waals surface area contributed by atoms with Crippen molar-refractivity contribution in [3.8, 4) is 27.9 Å². The Labute approximate surface area is 368 Å². The summed E-state index contributed by atoms with van der Waals surface area (Å²) in [5, 5.41) is 9.92. The lowest BCUT2D eigenvalue weighted by Crippen LogP contribution is -2.10. The van der Waals surface area contributed by atoms with Gasteiger partial charge < -0.3 is 18.3 Å². The molecule has 0 amide bonds. The van der Waals surface area contributed by atoms with Crippen molar-refractivity contribution < 1.29 is 4.42 Å². The number of fused-ring (bicyclic) bond motifs is 12. The molecule has 4 heteroatoms. The number of furan rings is 1. The van der Waals surface area contributed by atoms with E-state index in [1.807, 2.05) is 12.1 Å². The summed E-state index contributed by atoms with van der Waals surface area (Å²) in [6, 6.07) is 81.5.